The predicted octanol–water partition coefficient (Wildman–Crippen LogP) is 2.30. The van der Waals surface area contributed by atoms with Gasteiger partial charge in [-0.1, -0.05) is 36.1 Å². The molecule has 2 heterocycles. The first kappa shape index (κ1) is 27.5. The molecule has 1 aliphatic heterocycles. The lowest BCUT2D eigenvalue weighted by molar-refractivity contribution is -0.0333. The van der Waals surface area contributed by atoms with Gasteiger partial charge in [0.15, 0.2) is 0 Å². The Morgan fingerprint density at radius 3 is 2.39 bits per heavy atom. The van der Waals surface area contributed by atoms with Crippen molar-refractivity contribution in [3.63, 3.8) is 0 Å². The van der Waals surface area contributed by atoms with Gasteiger partial charge >= 0.3 is 0 Å². The van der Waals surface area contributed by atoms with E-state index in [1.165, 1.54) is 18.8 Å². The molecule has 0 radical (unpaired) electrons. The Hall–Kier alpha value is -3.55. The number of hydrogen-bond acceptors (Lipinski definition) is 7. The minimum Gasteiger partial charge on any atom is -0.502 e. The first-order valence-electron chi connectivity index (χ1n) is 12.6. The number of methoxy groups -OCH3 is 1. The molecule has 1 aliphatic rings. The summed E-state index contributed by atoms with van der Waals surface area (Å²) in [7, 11) is 1.75. The molecule has 38 heavy (non-hydrogen) atoms. The molecule has 2 unspecified atom stereocenters. The summed E-state index contributed by atoms with van der Waals surface area (Å²) in [5, 5.41) is 22.3. The zero-order valence-electron chi connectivity index (χ0n) is 21.5. The number of nitrogens with zero attached hydrogens (tertiary/aromatic N) is 2. The zero-order chi connectivity index (χ0) is 27.1. The lowest BCUT2D eigenvalue weighted by Crippen LogP contribution is -2.50. The van der Waals surface area contributed by atoms with Gasteiger partial charge in [-0.25, -0.2) is 9.37 Å². The van der Waals surface area contributed by atoms with Gasteiger partial charge < -0.3 is 25.3 Å². The highest BCUT2D eigenvalue weighted by atomic mass is 19.1. The quantitative estimate of drug-likeness (QED) is 0.304. The highest BCUT2D eigenvalue weighted by Crippen LogP contribution is 2.23. The van der Waals surface area contributed by atoms with Crippen molar-refractivity contribution < 1.29 is 19.3 Å². The molecule has 2 aromatic carbocycles. The van der Waals surface area contributed by atoms with Gasteiger partial charge in [0.1, 0.15) is 0 Å². The fourth-order valence-corrected chi connectivity index (χ4v) is 4.28. The standard InChI is InChI=1S/C29H33FN4O4/c1-19(28(30)36)31-14-24(13-26-27(35)29(37)33-18-32-26)23-11-9-21(10-12-23)4-3-20-5-7-22(8-6-20)15-34-16-25(17-34)38-2/h5-12,18-19,24-25,28,31,35-36H,13-17H2,1-2H3,(H,32,33,37)/t19?,24?,28-/m1/s1. The van der Waals surface area contributed by atoms with Gasteiger partial charge in [0.2, 0.25) is 12.1 Å². The summed E-state index contributed by atoms with van der Waals surface area (Å²) < 4.78 is 18.6. The lowest BCUT2D eigenvalue weighted by atomic mass is 9.92. The van der Waals surface area contributed by atoms with Gasteiger partial charge in [0.25, 0.3) is 5.56 Å². The van der Waals surface area contributed by atoms with Crippen molar-refractivity contribution >= 4 is 0 Å². The average molecular weight is 521 g/mol. The number of aromatic hydroxyl groups is 1. The molecule has 4 rings (SSSR count). The van der Waals surface area contributed by atoms with E-state index in [0.29, 0.717) is 12.6 Å². The number of aromatic nitrogens is 2. The van der Waals surface area contributed by atoms with Crippen molar-refractivity contribution in [3.8, 4) is 17.6 Å². The lowest BCUT2D eigenvalue weighted by Gasteiger charge is -2.38. The van der Waals surface area contributed by atoms with Gasteiger partial charge in [0, 0.05) is 56.8 Å². The number of halogens is 1. The van der Waals surface area contributed by atoms with Crippen LogP contribution >= 0.6 is 0 Å². The van der Waals surface area contributed by atoms with E-state index < -0.39 is 23.7 Å². The van der Waals surface area contributed by atoms with Crippen LogP contribution in [0.5, 0.6) is 5.75 Å². The Kier molecular flexibility index (Phi) is 9.26. The van der Waals surface area contributed by atoms with Gasteiger partial charge in [-0.05, 0) is 42.3 Å². The van der Waals surface area contributed by atoms with Crippen LogP contribution in [0.2, 0.25) is 0 Å². The molecule has 1 fully saturated rings. The number of aromatic amines is 1. The van der Waals surface area contributed by atoms with E-state index >= 15 is 0 Å². The van der Waals surface area contributed by atoms with E-state index in [0.717, 1.165) is 36.3 Å². The maximum Gasteiger partial charge on any atom is 0.293 e. The molecule has 0 amide bonds. The summed E-state index contributed by atoms with van der Waals surface area (Å²) in [5.74, 6) is 5.70. The van der Waals surface area contributed by atoms with E-state index in [2.05, 4.69) is 44.2 Å². The first-order chi connectivity index (χ1) is 18.3. The number of likely N-dealkylation sites (tertiary alicyclic amines) is 1. The largest absolute Gasteiger partial charge is 0.502 e. The van der Waals surface area contributed by atoms with Crippen LogP contribution in [0, 0.1) is 11.8 Å². The second-order valence-electron chi connectivity index (χ2n) is 9.62. The van der Waals surface area contributed by atoms with Crippen LogP contribution < -0.4 is 10.9 Å². The second-order valence-corrected chi connectivity index (χ2v) is 9.62. The van der Waals surface area contributed by atoms with Crippen LogP contribution in [-0.4, -0.2) is 70.3 Å². The topological polar surface area (TPSA) is 111 Å². The fraction of sp³-hybridized carbons (Fsp3) is 0.379. The van der Waals surface area contributed by atoms with Crippen molar-refractivity contribution in [3.05, 3.63) is 93.2 Å². The highest BCUT2D eigenvalue weighted by molar-refractivity contribution is 5.44. The third kappa shape index (κ3) is 7.27. The Morgan fingerprint density at radius 1 is 1.16 bits per heavy atom. The summed E-state index contributed by atoms with van der Waals surface area (Å²) in [5.41, 5.74) is 3.52. The summed E-state index contributed by atoms with van der Waals surface area (Å²) in [4.78, 5) is 20.6. The minimum absolute atomic E-state index is 0.239. The maximum atomic E-state index is 13.3. The number of aliphatic hydroxyl groups is 1. The molecule has 3 atom stereocenters. The van der Waals surface area contributed by atoms with Crippen molar-refractivity contribution in [1.82, 2.24) is 20.2 Å². The molecule has 9 heteroatoms. The summed E-state index contributed by atoms with van der Waals surface area (Å²) in [6, 6.07) is 15.1. The smallest absolute Gasteiger partial charge is 0.293 e. The number of H-pyrrole nitrogens is 1. The third-order valence-corrected chi connectivity index (χ3v) is 6.79. The Morgan fingerprint density at radius 2 is 1.79 bits per heavy atom. The van der Waals surface area contributed by atoms with Crippen LogP contribution in [0.15, 0.2) is 59.7 Å². The van der Waals surface area contributed by atoms with Crippen molar-refractivity contribution in [2.75, 3.05) is 26.7 Å². The molecule has 0 aliphatic carbocycles. The number of nitrogens with one attached hydrogen (secondary N) is 2. The Labute approximate surface area is 221 Å². The van der Waals surface area contributed by atoms with Crippen LogP contribution in [-0.2, 0) is 17.7 Å². The molecular formula is C29H33FN4O4. The summed E-state index contributed by atoms with van der Waals surface area (Å²) in [6.07, 6.45) is -0.176. The molecule has 3 aromatic rings. The summed E-state index contributed by atoms with van der Waals surface area (Å²) in [6.45, 7) is 4.67. The zero-order valence-corrected chi connectivity index (χ0v) is 21.5. The van der Waals surface area contributed by atoms with Crippen molar-refractivity contribution in [1.29, 1.82) is 0 Å². The van der Waals surface area contributed by atoms with Crippen molar-refractivity contribution in [2.45, 2.75) is 44.3 Å². The van der Waals surface area contributed by atoms with Crippen LogP contribution in [0.4, 0.5) is 4.39 Å². The fourth-order valence-electron chi connectivity index (χ4n) is 4.28. The first-order valence-corrected chi connectivity index (χ1v) is 12.6. The SMILES string of the molecule is COC1CN(Cc2ccc(C#Cc3ccc(C(CNC(C)[C@@H](O)F)Cc4nc[nH]c(=O)c4O)cc3)cc2)C1. The van der Waals surface area contributed by atoms with E-state index in [1.54, 1.807) is 7.11 Å². The molecule has 0 bridgehead atoms. The van der Waals surface area contributed by atoms with Crippen molar-refractivity contribution in [2.24, 2.45) is 0 Å². The van der Waals surface area contributed by atoms with E-state index in [4.69, 9.17) is 4.74 Å². The highest BCUT2D eigenvalue weighted by Gasteiger charge is 2.25. The van der Waals surface area contributed by atoms with Gasteiger partial charge in [-0.2, -0.15) is 0 Å². The summed E-state index contributed by atoms with van der Waals surface area (Å²) >= 11 is 0. The van der Waals surface area contributed by atoms with Crippen LogP contribution in [0.25, 0.3) is 0 Å². The van der Waals surface area contributed by atoms with Gasteiger partial charge in [-0.15, -0.1) is 0 Å². The predicted molar refractivity (Wildman–Crippen MR) is 142 cm³/mol. The average Bonchev–Trinajstić information content (AvgIpc) is 2.90. The molecular weight excluding hydrogens is 487 g/mol. The van der Waals surface area contributed by atoms with E-state index in [9.17, 15) is 19.4 Å². The number of rotatable bonds is 10. The third-order valence-electron chi connectivity index (χ3n) is 6.79. The molecule has 8 nitrogen and oxygen atoms in total. The number of hydrogen-bond donors (Lipinski definition) is 4. The van der Waals surface area contributed by atoms with Crippen LogP contribution in [0.3, 0.4) is 0 Å². The number of benzene rings is 2. The normalized spacial score (nSPS) is 16.2. The minimum atomic E-state index is -2.01. The molecule has 0 spiro atoms. The molecule has 1 aromatic heterocycles. The molecule has 200 valence electrons. The molecule has 0 saturated carbocycles. The number of aliphatic hydroxyl groups excluding tert-OH is 1. The second kappa shape index (κ2) is 12.8. The van der Waals surface area contributed by atoms with E-state index in [1.807, 2.05) is 36.4 Å². The molecule has 4 N–H and O–H groups in total. The maximum absolute atomic E-state index is 13.3. The molecule has 1 saturated heterocycles. The number of alkyl halides is 1. The van der Waals surface area contributed by atoms with Gasteiger partial charge in [-0.3, -0.25) is 9.69 Å². The monoisotopic (exact) mass is 520 g/mol. The Bertz CT molecular complexity index is 1310. The number of ether oxygens (including phenoxy) is 1. The van der Waals surface area contributed by atoms with Crippen LogP contribution in [0.1, 0.15) is 40.8 Å². The Balaban J connectivity index is 1.42. The van der Waals surface area contributed by atoms with E-state index in [-0.39, 0.29) is 18.0 Å². The van der Waals surface area contributed by atoms with Gasteiger partial charge in [0.05, 0.1) is 24.2 Å².